The number of rotatable bonds is 4. The molecule has 0 spiro atoms. The number of para-hydroxylation sites is 2. The van der Waals surface area contributed by atoms with Crippen LogP contribution in [0.1, 0.15) is 0 Å². The van der Waals surface area contributed by atoms with Crippen LogP contribution in [0.5, 0.6) is 0 Å². The van der Waals surface area contributed by atoms with E-state index in [9.17, 15) is 0 Å². The molecule has 0 aliphatic carbocycles. The van der Waals surface area contributed by atoms with Crippen LogP contribution in [0.15, 0.2) is 186 Å². The van der Waals surface area contributed by atoms with Gasteiger partial charge in [0.1, 0.15) is 11.2 Å². The molecule has 0 radical (unpaired) electrons. The first-order valence-corrected chi connectivity index (χ1v) is 18.8. The molecule has 0 N–H and O–H groups in total. The number of furan rings is 1. The minimum absolute atomic E-state index is 0.554. The fraction of sp³-hybridized carbons (Fsp3) is 0. The minimum atomic E-state index is 0.554. The summed E-state index contributed by atoms with van der Waals surface area (Å²) in [6.45, 7) is 0. The van der Waals surface area contributed by atoms with Crippen molar-refractivity contribution in [2.24, 2.45) is 0 Å². The van der Waals surface area contributed by atoms with E-state index in [4.69, 9.17) is 19.4 Å². The number of benzene rings is 9. The van der Waals surface area contributed by atoms with Crippen molar-refractivity contribution >= 4 is 76.1 Å². The first-order valence-electron chi connectivity index (χ1n) is 18.8. The summed E-state index contributed by atoms with van der Waals surface area (Å²) >= 11 is 0. The van der Waals surface area contributed by atoms with E-state index in [2.05, 4.69) is 168 Å². The van der Waals surface area contributed by atoms with Crippen molar-refractivity contribution in [1.29, 1.82) is 0 Å². The van der Waals surface area contributed by atoms with Crippen LogP contribution in [-0.4, -0.2) is 19.5 Å². The number of hydrogen-bond acceptors (Lipinski definition) is 4. The third-order valence-corrected chi connectivity index (χ3v) is 11.2. The highest BCUT2D eigenvalue weighted by Crippen LogP contribution is 2.42. The van der Waals surface area contributed by atoms with Crippen LogP contribution in [-0.2, 0) is 0 Å². The molecule has 0 aliphatic heterocycles. The molecule has 0 amide bonds. The molecule has 12 aromatic rings. The van der Waals surface area contributed by atoms with Crippen LogP contribution < -0.4 is 0 Å². The maximum Gasteiger partial charge on any atom is 0.238 e. The minimum Gasteiger partial charge on any atom is -0.456 e. The first kappa shape index (κ1) is 30.8. The highest BCUT2D eigenvalue weighted by molar-refractivity contribution is 6.20. The van der Waals surface area contributed by atoms with E-state index in [0.717, 1.165) is 87.4 Å². The van der Waals surface area contributed by atoms with Crippen molar-refractivity contribution < 1.29 is 4.42 Å². The molecule has 0 unspecified atom stereocenters. The highest BCUT2D eigenvalue weighted by Gasteiger charge is 2.23. The summed E-state index contributed by atoms with van der Waals surface area (Å²) in [6.07, 6.45) is 0. The maximum atomic E-state index is 6.52. The van der Waals surface area contributed by atoms with Gasteiger partial charge in [-0.1, -0.05) is 140 Å². The second-order valence-corrected chi connectivity index (χ2v) is 14.4. The standard InChI is InChI=1S/C51H30N4O/c1-2-12-31(13-3-1)35-24-22-32-23-25-37(27-38(32)26-35)49-52-50(48-39-17-7-6-16-36(39)30-46-47(48)41-19-9-11-21-45(41)56-46)54-51(53-49)55-43-20-10-8-18-40(43)42-28-33-14-4-5-15-34(33)29-44(42)55/h1-30H. The molecule has 3 aromatic heterocycles. The lowest BCUT2D eigenvalue weighted by Crippen LogP contribution is -2.07. The van der Waals surface area contributed by atoms with E-state index >= 15 is 0 Å². The second kappa shape index (κ2) is 11.9. The van der Waals surface area contributed by atoms with Gasteiger partial charge >= 0.3 is 0 Å². The van der Waals surface area contributed by atoms with Gasteiger partial charge in [-0.15, -0.1) is 0 Å². The Bertz CT molecular complexity index is 3540. The Morgan fingerprint density at radius 2 is 1.02 bits per heavy atom. The molecule has 0 aliphatic rings. The molecule has 0 bridgehead atoms. The molecule has 5 nitrogen and oxygen atoms in total. The molecule has 9 aromatic carbocycles. The van der Waals surface area contributed by atoms with Gasteiger partial charge in [-0.05, 0) is 85.9 Å². The fourth-order valence-corrected chi connectivity index (χ4v) is 8.55. The van der Waals surface area contributed by atoms with Crippen LogP contribution in [0, 0.1) is 0 Å². The molecule has 5 heteroatoms. The fourth-order valence-electron chi connectivity index (χ4n) is 8.55. The predicted molar refractivity (Wildman–Crippen MR) is 230 cm³/mol. The maximum absolute atomic E-state index is 6.52. The van der Waals surface area contributed by atoms with E-state index in [0.29, 0.717) is 17.6 Å². The van der Waals surface area contributed by atoms with Gasteiger partial charge in [0.2, 0.25) is 5.95 Å². The normalized spacial score (nSPS) is 11.9. The van der Waals surface area contributed by atoms with Gasteiger partial charge in [-0.3, -0.25) is 4.57 Å². The molecular formula is C51H30N4O. The SMILES string of the molecule is c1ccc(-c2ccc3ccc(-c4nc(-c5c6ccccc6cc6oc7ccccc7c56)nc(-n5c6ccccc6c6cc7ccccc7cc65)n4)cc3c2)cc1. The van der Waals surface area contributed by atoms with Crippen molar-refractivity contribution in [3.05, 3.63) is 182 Å². The Hall–Kier alpha value is -7.63. The van der Waals surface area contributed by atoms with Gasteiger partial charge in [-0.2, -0.15) is 9.97 Å². The molecule has 0 saturated carbocycles. The van der Waals surface area contributed by atoms with Crippen molar-refractivity contribution in [2.75, 3.05) is 0 Å². The van der Waals surface area contributed by atoms with E-state index in [-0.39, 0.29) is 0 Å². The summed E-state index contributed by atoms with van der Waals surface area (Å²) in [6, 6.07) is 64.0. The third-order valence-electron chi connectivity index (χ3n) is 11.2. The predicted octanol–water partition coefficient (Wildman–Crippen LogP) is 13.3. The van der Waals surface area contributed by atoms with Crippen molar-refractivity contribution in [2.45, 2.75) is 0 Å². The van der Waals surface area contributed by atoms with Crippen molar-refractivity contribution in [3.63, 3.8) is 0 Å². The van der Waals surface area contributed by atoms with Crippen molar-refractivity contribution in [3.8, 4) is 39.9 Å². The van der Waals surface area contributed by atoms with Crippen LogP contribution in [0.2, 0.25) is 0 Å². The lowest BCUT2D eigenvalue weighted by molar-refractivity contribution is 0.669. The molecule has 12 rings (SSSR count). The third kappa shape index (κ3) is 4.71. The average molecular weight is 715 g/mol. The topological polar surface area (TPSA) is 56.7 Å². The molecule has 0 atom stereocenters. The van der Waals surface area contributed by atoms with Gasteiger partial charge in [0.25, 0.3) is 0 Å². The Labute approximate surface area is 320 Å². The number of fused-ring (bicyclic) bond motifs is 9. The van der Waals surface area contributed by atoms with E-state index in [1.165, 1.54) is 10.9 Å². The Morgan fingerprint density at radius 3 is 1.88 bits per heavy atom. The van der Waals surface area contributed by atoms with Gasteiger partial charge in [0.05, 0.1) is 11.0 Å². The van der Waals surface area contributed by atoms with E-state index in [1.807, 2.05) is 18.2 Å². The van der Waals surface area contributed by atoms with Gasteiger partial charge in [-0.25, -0.2) is 4.98 Å². The zero-order valence-corrected chi connectivity index (χ0v) is 30.0. The van der Waals surface area contributed by atoms with Gasteiger partial charge < -0.3 is 4.42 Å². The van der Waals surface area contributed by atoms with Gasteiger partial charge in [0, 0.05) is 32.7 Å². The number of hydrogen-bond donors (Lipinski definition) is 0. The summed E-state index contributed by atoms with van der Waals surface area (Å²) in [5.41, 5.74) is 7.86. The summed E-state index contributed by atoms with van der Waals surface area (Å²) in [7, 11) is 0. The lowest BCUT2D eigenvalue weighted by Gasteiger charge is -2.13. The van der Waals surface area contributed by atoms with E-state index < -0.39 is 0 Å². The van der Waals surface area contributed by atoms with Crippen LogP contribution in [0.25, 0.3) is 116 Å². The first-order chi connectivity index (χ1) is 27.7. The van der Waals surface area contributed by atoms with Crippen LogP contribution in [0.4, 0.5) is 0 Å². The van der Waals surface area contributed by atoms with Crippen LogP contribution >= 0.6 is 0 Å². The van der Waals surface area contributed by atoms with Gasteiger partial charge in [0.15, 0.2) is 11.6 Å². The van der Waals surface area contributed by atoms with E-state index in [1.54, 1.807) is 0 Å². The largest absolute Gasteiger partial charge is 0.456 e. The van der Waals surface area contributed by atoms with Crippen molar-refractivity contribution in [1.82, 2.24) is 19.5 Å². The highest BCUT2D eigenvalue weighted by atomic mass is 16.3. The zero-order valence-electron chi connectivity index (χ0n) is 30.0. The molecule has 56 heavy (non-hydrogen) atoms. The lowest BCUT2D eigenvalue weighted by atomic mass is 9.97. The smallest absolute Gasteiger partial charge is 0.238 e. The summed E-state index contributed by atoms with van der Waals surface area (Å²) in [5, 5.41) is 11.0. The van der Waals surface area contributed by atoms with Crippen LogP contribution in [0.3, 0.4) is 0 Å². The molecular weight excluding hydrogens is 685 g/mol. The Balaban J connectivity index is 1.19. The molecule has 3 heterocycles. The zero-order chi connectivity index (χ0) is 36.7. The number of aromatic nitrogens is 4. The molecule has 260 valence electrons. The summed E-state index contributed by atoms with van der Waals surface area (Å²) < 4.78 is 8.72. The molecule has 0 fully saturated rings. The number of nitrogens with zero attached hydrogens (tertiary/aromatic N) is 4. The second-order valence-electron chi connectivity index (χ2n) is 14.4. The Morgan fingerprint density at radius 1 is 0.357 bits per heavy atom. The summed E-state index contributed by atoms with van der Waals surface area (Å²) in [4.78, 5) is 16.2. The Kier molecular flexibility index (Phi) is 6.56. The average Bonchev–Trinajstić information content (AvgIpc) is 3.79. The molecule has 0 saturated heterocycles. The summed E-state index contributed by atoms with van der Waals surface area (Å²) in [5.74, 6) is 1.74. The monoisotopic (exact) mass is 714 g/mol. The quantitative estimate of drug-likeness (QED) is 0.182.